The second-order valence-electron chi connectivity index (χ2n) is 6.46. The highest BCUT2D eigenvalue weighted by atomic mass is 32.1. The van der Waals surface area contributed by atoms with Gasteiger partial charge in [-0.25, -0.2) is 0 Å². The van der Waals surface area contributed by atoms with Gasteiger partial charge < -0.3 is 10.6 Å². The molecule has 2 aliphatic rings. The molecule has 2 N–H and O–H groups in total. The number of hydrogen-bond acceptors (Lipinski definition) is 2. The van der Waals surface area contributed by atoms with Gasteiger partial charge in [-0.3, -0.25) is 4.79 Å². The van der Waals surface area contributed by atoms with Gasteiger partial charge in [0.2, 0.25) is 5.91 Å². The maximum absolute atomic E-state index is 13.0. The van der Waals surface area contributed by atoms with Crippen LogP contribution in [0, 0.1) is 5.41 Å². The molecule has 1 amide bonds. The first kappa shape index (κ1) is 14.8. The first-order valence-corrected chi connectivity index (χ1v) is 8.03. The van der Waals surface area contributed by atoms with Crippen LogP contribution in [0.5, 0.6) is 0 Å². The highest BCUT2D eigenvalue weighted by molar-refractivity contribution is 7.80. The molecule has 19 heavy (non-hydrogen) atoms. The summed E-state index contributed by atoms with van der Waals surface area (Å²) >= 11 is 5.05. The summed E-state index contributed by atoms with van der Waals surface area (Å²) in [5.74, 6) is 0.298. The Labute approximate surface area is 121 Å². The van der Waals surface area contributed by atoms with Crippen molar-refractivity contribution < 1.29 is 4.79 Å². The van der Waals surface area contributed by atoms with E-state index in [4.69, 9.17) is 18.0 Å². The molecule has 4 heteroatoms. The van der Waals surface area contributed by atoms with Crippen LogP contribution >= 0.6 is 12.2 Å². The molecule has 0 atom stereocenters. The zero-order valence-electron chi connectivity index (χ0n) is 12.0. The summed E-state index contributed by atoms with van der Waals surface area (Å²) in [6.45, 7) is 2.60. The molecule has 108 valence electrons. The quantitative estimate of drug-likeness (QED) is 0.806. The molecule has 2 saturated carbocycles. The standard InChI is InChI=1S/C15H26N2OS/c1-15(9-5-2-6-10-15)14(18)17(11-13(16)19)12-7-3-4-8-12/h12H,2-11H2,1H3,(H2,16,19). The number of nitrogens with two attached hydrogens (primary N) is 1. The first-order chi connectivity index (χ1) is 9.03. The molecule has 3 nitrogen and oxygen atoms in total. The summed E-state index contributed by atoms with van der Waals surface area (Å²) in [6.07, 6.45) is 10.3. The fourth-order valence-electron chi connectivity index (χ4n) is 3.64. The van der Waals surface area contributed by atoms with E-state index in [9.17, 15) is 4.79 Å². The van der Waals surface area contributed by atoms with E-state index in [2.05, 4.69) is 6.92 Å². The maximum atomic E-state index is 13.0. The minimum Gasteiger partial charge on any atom is -0.392 e. The lowest BCUT2D eigenvalue weighted by atomic mass is 9.74. The minimum absolute atomic E-state index is 0.175. The topological polar surface area (TPSA) is 46.3 Å². The van der Waals surface area contributed by atoms with Crippen molar-refractivity contribution in [3.63, 3.8) is 0 Å². The van der Waals surface area contributed by atoms with Gasteiger partial charge in [0, 0.05) is 11.5 Å². The molecule has 2 fully saturated rings. The number of carbonyl (C=O) groups is 1. The number of hydrogen-bond donors (Lipinski definition) is 1. The average Bonchev–Trinajstić information content (AvgIpc) is 2.89. The SMILES string of the molecule is CC1(C(=O)N(CC(N)=S)C2CCCC2)CCCCC1. The van der Waals surface area contributed by atoms with Gasteiger partial charge >= 0.3 is 0 Å². The van der Waals surface area contributed by atoms with Gasteiger partial charge in [-0.05, 0) is 25.7 Å². The number of carbonyl (C=O) groups excluding carboxylic acids is 1. The Morgan fingerprint density at radius 1 is 1.21 bits per heavy atom. The van der Waals surface area contributed by atoms with Gasteiger partial charge in [0.1, 0.15) is 0 Å². The highest BCUT2D eigenvalue weighted by Gasteiger charge is 2.40. The molecule has 0 bridgehead atoms. The number of amides is 1. The van der Waals surface area contributed by atoms with E-state index in [-0.39, 0.29) is 5.41 Å². The molecule has 0 heterocycles. The van der Waals surface area contributed by atoms with Gasteiger partial charge in [0.15, 0.2) is 0 Å². The molecule has 0 saturated heterocycles. The third kappa shape index (κ3) is 3.47. The van der Waals surface area contributed by atoms with Crippen molar-refractivity contribution in [1.82, 2.24) is 4.90 Å². The third-order valence-corrected chi connectivity index (χ3v) is 4.96. The zero-order valence-corrected chi connectivity index (χ0v) is 12.8. The Hall–Kier alpha value is -0.640. The molecule has 0 spiro atoms. The van der Waals surface area contributed by atoms with E-state index >= 15 is 0 Å². The number of thiocarbonyl (C=S) groups is 1. The molecule has 0 aliphatic heterocycles. The summed E-state index contributed by atoms with van der Waals surface area (Å²) in [4.78, 5) is 15.4. The molecule has 2 aliphatic carbocycles. The summed E-state index contributed by atoms with van der Waals surface area (Å²) in [6, 6.07) is 0.368. The maximum Gasteiger partial charge on any atom is 0.229 e. The predicted octanol–water partition coefficient (Wildman–Crippen LogP) is 3.01. The molecule has 0 unspecified atom stereocenters. The van der Waals surface area contributed by atoms with E-state index in [0.717, 1.165) is 25.7 Å². The van der Waals surface area contributed by atoms with E-state index in [1.54, 1.807) is 0 Å². The fourth-order valence-corrected chi connectivity index (χ4v) is 3.78. The average molecular weight is 282 g/mol. The van der Waals surface area contributed by atoms with Gasteiger partial charge in [-0.15, -0.1) is 0 Å². The Bertz CT molecular complexity index is 344. The lowest BCUT2D eigenvalue weighted by Crippen LogP contribution is -2.50. The monoisotopic (exact) mass is 282 g/mol. The van der Waals surface area contributed by atoms with E-state index in [1.165, 1.54) is 32.1 Å². The van der Waals surface area contributed by atoms with Gasteiger partial charge in [-0.2, -0.15) is 0 Å². The summed E-state index contributed by atoms with van der Waals surface area (Å²) in [7, 11) is 0. The fraction of sp³-hybridized carbons (Fsp3) is 0.867. The van der Waals surface area contributed by atoms with Crippen LogP contribution in [-0.4, -0.2) is 28.4 Å². The van der Waals surface area contributed by atoms with Crippen molar-refractivity contribution >= 4 is 23.1 Å². The van der Waals surface area contributed by atoms with Gasteiger partial charge in [0.25, 0.3) is 0 Å². The van der Waals surface area contributed by atoms with Gasteiger partial charge in [0.05, 0.1) is 11.5 Å². The molecule has 0 radical (unpaired) electrons. The third-order valence-electron chi connectivity index (χ3n) is 4.83. The van der Waals surface area contributed by atoms with Gasteiger partial charge in [-0.1, -0.05) is 51.2 Å². The Morgan fingerprint density at radius 3 is 2.32 bits per heavy atom. The molecular weight excluding hydrogens is 256 g/mol. The lowest BCUT2D eigenvalue weighted by molar-refractivity contribution is -0.144. The van der Waals surface area contributed by atoms with Crippen LogP contribution in [0.3, 0.4) is 0 Å². The summed E-state index contributed by atoms with van der Waals surface area (Å²) in [5, 5.41) is 0. The van der Waals surface area contributed by atoms with Crippen molar-refractivity contribution in [2.75, 3.05) is 6.54 Å². The molecule has 0 aromatic rings. The second-order valence-corrected chi connectivity index (χ2v) is 6.98. The smallest absolute Gasteiger partial charge is 0.229 e. The van der Waals surface area contributed by atoms with Crippen LogP contribution < -0.4 is 5.73 Å². The van der Waals surface area contributed by atoms with Crippen LogP contribution in [-0.2, 0) is 4.79 Å². The van der Waals surface area contributed by atoms with E-state index < -0.39 is 0 Å². The van der Waals surface area contributed by atoms with E-state index in [1.807, 2.05) is 4.90 Å². The van der Waals surface area contributed by atoms with Crippen LogP contribution in [0.15, 0.2) is 0 Å². The molecule has 0 aromatic heterocycles. The Morgan fingerprint density at radius 2 is 1.79 bits per heavy atom. The van der Waals surface area contributed by atoms with Crippen LogP contribution in [0.1, 0.15) is 64.7 Å². The summed E-state index contributed by atoms with van der Waals surface area (Å²) < 4.78 is 0. The lowest BCUT2D eigenvalue weighted by Gasteiger charge is -2.39. The number of rotatable bonds is 4. The number of nitrogens with zero attached hydrogens (tertiary/aromatic N) is 1. The molecular formula is C15H26N2OS. The van der Waals surface area contributed by atoms with Crippen molar-refractivity contribution in [2.45, 2.75) is 70.8 Å². The second kappa shape index (κ2) is 6.21. The Kier molecular flexibility index (Phi) is 4.82. The van der Waals surface area contributed by atoms with Crippen molar-refractivity contribution in [3.8, 4) is 0 Å². The largest absolute Gasteiger partial charge is 0.392 e. The molecule has 2 rings (SSSR count). The first-order valence-electron chi connectivity index (χ1n) is 7.62. The van der Waals surface area contributed by atoms with Crippen molar-refractivity contribution in [2.24, 2.45) is 11.1 Å². The highest BCUT2D eigenvalue weighted by Crippen LogP contribution is 2.39. The van der Waals surface area contributed by atoms with Crippen LogP contribution in [0.25, 0.3) is 0 Å². The van der Waals surface area contributed by atoms with Crippen LogP contribution in [0.4, 0.5) is 0 Å². The van der Waals surface area contributed by atoms with Crippen molar-refractivity contribution in [3.05, 3.63) is 0 Å². The Balaban J connectivity index is 2.11. The summed E-state index contributed by atoms with van der Waals surface area (Å²) in [5.41, 5.74) is 5.53. The van der Waals surface area contributed by atoms with E-state index in [0.29, 0.717) is 23.5 Å². The molecule has 0 aromatic carbocycles. The van der Waals surface area contributed by atoms with Crippen LogP contribution in [0.2, 0.25) is 0 Å². The normalized spacial score (nSPS) is 23.2. The predicted molar refractivity (Wildman–Crippen MR) is 81.9 cm³/mol. The minimum atomic E-state index is -0.175. The van der Waals surface area contributed by atoms with Crippen molar-refractivity contribution in [1.29, 1.82) is 0 Å². The zero-order chi connectivity index (χ0) is 13.9.